The summed E-state index contributed by atoms with van der Waals surface area (Å²) in [5.41, 5.74) is 2.52. The van der Waals surface area contributed by atoms with Crippen molar-refractivity contribution in [1.29, 1.82) is 0 Å². The van der Waals surface area contributed by atoms with Gasteiger partial charge in [-0.15, -0.1) is 0 Å². The van der Waals surface area contributed by atoms with Gasteiger partial charge in [0.1, 0.15) is 0 Å². The second-order valence-electron chi connectivity index (χ2n) is 5.91. The fraction of sp³-hybridized carbons (Fsp3) is 0.786. The molecule has 0 amide bonds. The summed E-state index contributed by atoms with van der Waals surface area (Å²) in [7, 11) is 2.25. The smallest absolute Gasteiger partial charge is 0.0925 e. The lowest BCUT2D eigenvalue weighted by Gasteiger charge is -2.41. The molecule has 0 saturated carbocycles. The van der Waals surface area contributed by atoms with Crippen LogP contribution in [0.2, 0.25) is 0 Å². The highest BCUT2D eigenvalue weighted by molar-refractivity contribution is 5.16. The summed E-state index contributed by atoms with van der Waals surface area (Å²) in [4.78, 5) is 12.7. The number of imidazole rings is 1. The standard InChI is InChI=1S/C14H25N5/c1-3-12-9-19(5-4-18(12)2)8-11-6-13-14(7-15-11)17-10-16-13/h10-12,15H,3-9H2,1-2H3,(H,16,17). The number of nitrogens with zero attached hydrogens (tertiary/aromatic N) is 3. The van der Waals surface area contributed by atoms with Crippen LogP contribution in [0.25, 0.3) is 0 Å². The molecule has 3 rings (SSSR count). The van der Waals surface area contributed by atoms with Crippen LogP contribution >= 0.6 is 0 Å². The Bertz CT molecular complexity index is 416. The molecule has 3 heterocycles. The van der Waals surface area contributed by atoms with Gasteiger partial charge in [0.05, 0.1) is 17.7 Å². The van der Waals surface area contributed by atoms with Crippen LogP contribution in [-0.4, -0.2) is 65.1 Å². The Morgan fingerprint density at radius 1 is 1.42 bits per heavy atom. The molecule has 1 aromatic rings. The molecular weight excluding hydrogens is 238 g/mol. The number of aromatic amines is 1. The second-order valence-corrected chi connectivity index (χ2v) is 5.91. The molecule has 0 spiro atoms. The van der Waals surface area contributed by atoms with E-state index < -0.39 is 0 Å². The minimum atomic E-state index is 0.553. The predicted octanol–water partition coefficient (Wildman–Crippen LogP) is 0.450. The first-order valence-corrected chi connectivity index (χ1v) is 7.43. The Morgan fingerprint density at radius 2 is 2.32 bits per heavy atom. The zero-order valence-electron chi connectivity index (χ0n) is 12.0. The molecule has 2 atom stereocenters. The van der Waals surface area contributed by atoms with Crippen molar-refractivity contribution in [2.24, 2.45) is 0 Å². The third-order valence-corrected chi connectivity index (χ3v) is 4.63. The van der Waals surface area contributed by atoms with Gasteiger partial charge < -0.3 is 15.2 Å². The average molecular weight is 263 g/mol. The molecule has 1 aromatic heterocycles. The number of likely N-dealkylation sites (N-methyl/N-ethyl adjacent to an activating group) is 1. The Labute approximate surface area is 115 Å². The van der Waals surface area contributed by atoms with E-state index in [1.165, 1.54) is 37.4 Å². The van der Waals surface area contributed by atoms with Crippen LogP contribution in [0, 0.1) is 0 Å². The molecule has 1 fully saturated rings. The lowest BCUT2D eigenvalue weighted by Crippen LogP contribution is -2.55. The molecule has 2 aliphatic rings. The van der Waals surface area contributed by atoms with Crippen molar-refractivity contribution >= 4 is 0 Å². The summed E-state index contributed by atoms with van der Waals surface area (Å²) in [6.07, 6.45) is 4.12. The summed E-state index contributed by atoms with van der Waals surface area (Å²) >= 11 is 0. The highest BCUT2D eigenvalue weighted by atomic mass is 15.3. The van der Waals surface area contributed by atoms with Gasteiger partial charge in [-0.3, -0.25) is 4.90 Å². The number of hydrogen-bond acceptors (Lipinski definition) is 4. The number of fused-ring (bicyclic) bond motifs is 1. The first-order chi connectivity index (χ1) is 9.26. The molecule has 0 aliphatic carbocycles. The molecule has 2 aliphatic heterocycles. The van der Waals surface area contributed by atoms with Crippen LogP contribution < -0.4 is 5.32 Å². The Morgan fingerprint density at radius 3 is 3.16 bits per heavy atom. The summed E-state index contributed by atoms with van der Waals surface area (Å²) < 4.78 is 0. The molecule has 1 saturated heterocycles. The van der Waals surface area contributed by atoms with E-state index >= 15 is 0 Å². The van der Waals surface area contributed by atoms with Crippen LogP contribution in [0.3, 0.4) is 0 Å². The van der Waals surface area contributed by atoms with Crippen molar-refractivity contribution < 1.29 is 0 Å². The van der Waals surface area contributed by atoms with Gasteiger partial charge in [0.2, 0.25) is 0 Å². The zero-order valence-corrected chi connectivity index (χ0v) is 12.0. The van der Waals surface area contributed by atoms with Crippen LogP contribution in [0.4, 0.5) is 0 Å². The SMILES string of the molecule is CCC1CN(CC2Cc3nc[nH]c3CN2)CCN1C. The van der Waals surface area contributed by atoms with Gasteiger partial charge in [0.15, 0.2) is 0 Å². The number of H-pyrrole nitrogens is 1. The molecule has 5 heteroatoms. The number of piperazine rings is 1. The van der Waals surface area contributed by atoms with Crippen LogP contribution in [0.1, 0.15) is 24.7 Å². The molecular formula is C14H25N5. The van der Waals surface area contributed by atoms with Crippen molar-refractivity contribution in [2.45, 2.75) is 38.4 Å². The van der Waals surface area contributed by atoms with E-state index in [1.54, 1.807) is 0 Å². The number of rotatable bonds is 3. The van der Waals surface area contributed by atoms with E-state index in [4.69, 9.17) is 0 Å². The van der Waals surface area contributed by atoms with Gasteiger partial charge in [0.25, 0.3) is 0 Å². The maximum Gasteiger partial charge on any atom is 0.0925 e. The molecule has 5 nitrogen and oxygen atoms in total. The first-order valence-electron chi connectivity index (χ1n) is 7.43. The Hall–Kier alpha value is -0.910. The van der Waals surface area contributed by atoms with Crippen molar-refractivity contribution in [3.63, 3.8) is 0 Å². The predicted molar refractivity (Wildman–Crippen MR) is 76.1 cm³/mol. The minimum Gasteiger partial charge on any atom is -0.347 e. The maximum atomic E-state index is 4.42. The van der Waals surface area contributed by atoms with Crippen molar-refractivity contribution in [1.82, 2.24) is 25.1 Å². The van der Waals surface area contributed by atoms with E-state index in [0.29, 0.717) is 6.04 Å². The number of aromatic nitrogens is 2. The molecule has 0 aromatic carbocycles. The van der Waals surface area contributed by atoms with E-state index in [9.17, 15) is 0 Å². The largest absolute Gasteiger partial charge is 0.347 e. The highest BCUT2D eigenvalue weighted by Crippen LogP contribution is 2.15. The first kappa shape index (κ1) is 13.1. The lowest BCUT2D eigenvalue weighted by molar-refractivity contribution is 0.0849. The van der Waals surface area contributed by atoms with Crippen molar-refractivity contribution in [3.8, 4) is 0 Å². The molecule has 0 radical (unpaired) electrons. The van der Waals surface area contributed by atoms with Gasteiger partial charge in [-0.2, -0.15) is 0 Å². The van der Waals surface area contributed by atoms with E-state index in [-0.39, 0.29) is 0 Å². The molecule has 2 N–H and O–H groups in total. The van der Waals surface area contributed by atoms with Crippen LogP contribution in [0.15, 0.2) is 6.33 Å². The zero-order chi connectivity index (χ0) is 13.2. The normalized spacial score (nSPS) is 29.4. The Balaban J connectivity index is 1.55. The fourth-order valence-electron chi connectivity index (χ4n) is 3.29. The van der Waals surface area contributed by atoms with E-state index in [1.807, 2.05) is 6.33 Å². The maximum absolute atomic E-state index is 4.42. The van der Waals surface area contributed by atoms with E-state index in [2.05, 4.69) is 39.1 Å². The molecule has 106 valence electrons. The van der Waals surface area contributed by atoms with Gasteiger partial charge >= 0.3 is 0 Å². The topological polar surface area (TPSA) is 47.2 Å². The third kappa shape index (κ3) is 2.83. The summed E-state index contributed by atoms with van der Waals surface area (Å²) in [6.45, 7) is 7.97. The van der Waals surface area contributed by atoms with E-state index in [0.717, 1.165) is 25.6 Å². The quantitative estimate of drug-likeness (QED) is 0.831. The molecule has 2 unspecified atom stereocenters. The lowest BCUT2D eigenvalue weighted by atomic mass is 10.0. The average Bonchev–Trinajstić information content (AvgIpc) is 2.88. The monoisotopic (exact) mass is 263 g/mol. The molecule has 19 heavy (non-hydrogen) atoms. The molecule has 0 bridgehead atoms. The fourth-order valence-corrected chi connectivity index (χ4v) is 3.29. The summed E-state index contributed by atoms with van der Waals surface area (Å²) in [5.74, 6) is 0. The van der Waals surface area contributed by atoms with Crippen molar-refractivity contribution in [2.75, 3.05) is 33.2 Å². The van der Waals surface area contributed by atoms with Gasteiger partial charge in [-0.1, -0.05) is 6.92 Å². The summed E-state index contributed by atoms with van der Waals surface area (Å²) in [6, 6.07) is 1.27. The second kappa shape index (κ2) is 5.61. The summed E-state index contributed by atoms with van der Waals surface area (Å²) in [5, 5.41) is 3.63. The van der Waals surface area contributed by atoms with Gasteiger partial charge in [-0.05, 0) is 13.5 Å². The minimum absolute atomic E-state index is 0.553. The number of hydrogen-bond donors (Lipinski definition) is 2. The van der Waals surface area contributed by atoms with Gasteiger partial charge in [-0.25, -0.2) is 4.98 Å². The third-order valence-electron chi connectivity index (χ3n) is 4.63. The van der Waals surface area contributed by atoms with Crippen LogP contribution in [0.5, 0.6) is 0 Å². The number of nitrogens with one attached hydrogen (secondary N) is 2. The van der Waals surface area contributed by atoms with Crippen molar-refractivity contribution in [3.05, 3.63) is 17.7 Å². The Kier molecular flexibility index (Phi) is 3.86. The van der Waals surface area contributed by atoms with Gasteiger partial charge in [0, 0.05) is 51.2 Å². The van der Waals surface area contributed by atoms with Crippen LogP contribution in [-0.2, 0) is 13.0 Å². The highest BCUT2D eigenvalue weighted by Gasteiger charge is 2.26.